The molecule has 9 heteroatoms. The molecule has 1 N–H and O–H groups in total. The molecule has 1 amide bonds. The summed E-state index contributed by atoms with van der Waals surface area (Å²) in [5.41, 5.74) is 3.57. The van der Waals surface area contributed by atoms with Crippen LogP contribution in [0.1, 0.15) is 44.2 Å². The van der Waals surface area contributed by atoms with Crippen LogP contribution in [0.25, 0.3) is 17.0 Å². The summed E-state index contributed by atoms with van der Waals surface area (Å²) in [6, 6.07) is 13.8. The van der Waals surface area contributed by atoms with E-state index < -0.39 is 5.97 Å². The SMILES string of the molecule is CCOC(=O)C1=C(O)/C(=C/c2cn(CC(=O)N3CCCC[C@H]3C)c3ccc(Br)cc23)SC1=Nc1ccc(C)cc1. The summed E-state index contributed by atoms with van der Waals surface area (Å²) in [5, 5.41) is 12.5. The Morgan fingerprint density at radius 3 is 2.70 bits per heavy atom. The van der Waals surface area contributed by atoms with Crippen LogP contribution in [-0.2, 0) is 20.9 Å². The monoisotopic (exact) mass is 621 g/mol. The van der Waals surface area contributed by atoms with E-state index in [1.54, 1.807) is 6.92 Å². The van der Waals surface area contributed by atoms with E-state index >= 15 is 0 Å². The first kappa shape index (κ1) is 28.2. The second-order valence-corrected chi connectivity index (χ2v) is 12.1. The van der Waals surface area contributed by atoms with Crippen LogP contribution >= 0.6 is 27.7 Å². The van der Waals surface area contributed by atoms with Crippen LogP contribution in [0.5, 0.6) is 0 Å². The zero-order chi connectivity index (χ0) is 28.4. The van der Waals surface area contributed by atoms with Crippen LogP contribution in [0.15, 0.2) is 74.4 Å². The van der Waals surface area contributed by atoms with E-state index in [0.29, 0.717) is 15.6 Å². The summed E-state index contributed by atoms with van der Waals surface area (Å²) < 4.78 is 8.12. The number of aliphatic hydroxyl groups excluding tert-OH is 1. The molecule has 1 atom stereocenters. The number of amides is 1. The molecule has 2 aromatic carbocycles. The second kappa shape index (κ2) is 12.1. The molecule has 2 aliphatic rings. The number of carbonyl (C=O) groups is 2. The highest BCUT2D eigenvalue weighted by Gasteiger charge is 2.33. The first-order valence-corrected chi connectivity index (χ1v) is 15.1. The van der Waals surface area contributed by atoms with Gasteiger partial charge in [-0.3, -0.25) is 4.79 Å². The predicted molar refractivity (Wildman–Crippen MR) is 165 cm³/mol. The van der Waals surface area contributed by atoms with Crippen molar-refractivity contribution in [1.82, 2.24) is 9.47 Å². The van der Waals surface area contributed by atoms with Crippen LogP contribution in [0.2, 0.25) is 0 Å². The number of rotatable bonds is 6. The number of aliphatic imine (C=N–C) groups is 1. The van der Waals surface area contributed by atoms with Gasteiger partial charge in [0.05, 0.1) is 17.2 Å². The molecule has 0 aliphatic carbocycles. The Balaban J connectivity index is 1.54. The highest BCUT2D eigenvalue weighted by atomic mass is 79.9. The number of ether oxygens (including phenoxy) is 1. The molecule has 0 spiro atoms. The Kier molecular flexibility index (Phi) is 8.51. The van der Waals surface area contributed by atoms with Gasteiger partial charge in [0.1, 0.15) is 22.9 Å². The Labute approximate surface area is 246 Å². The van der Waals surface area contributed by atoms with Crippen LogP contribution in [0.4, 0.5) is 5.69 Å². The van der Waals surface area contributed by atoms with Crippen molar-refractivity contribution < 1.29 is 19.4 Å². The zero-order valence-corrected chi connectivity index (χ0v) is 25.2. The fraction of sp³-hybridized carbons (Fsp3) is 0.323. The number of aromatic nitrogens is 1. The number of nitrogens with zero attached hydrogens (tertiary/aromatic N) is 3. The van der Waals surface area contributed by atoms with Crippen molar-refractivity contribution in [2.45, 2.75) is 52.6 Å². The van der Waals surface area contributed by atoms with E-state index in [1.165, 1.54) is 11.8 Å². The molecule has 5 rings (SSSR count). The number of fused-ring (bicyclic) bond motifs is 1. The van der Waals surface area contributed by atoms with Crippen molar-refractivity contribution in [3.8, 4) is 0 Å². The molecule has 3 heterocycles. The van der Waals surface area contributed by atoms with Gasteiger partial charge in [-0.2, -0.15) is 0 Å². The molecule has 7 nitrogen and oxygen atoms in total. The first-order valence-electron chi connectivity index (χ1n) is 13.5. The molecule has 1 saturated heterocycles. The number of aliphatic hydroxyl groups is 1. The molecular weight excluding hydrogens is 590 g/mol. The summed E-state index contributed by atoms with van der Waals surface area (Å²) in [4.78, 5) is 33.3. The summed E-state index contributed by atoms with van der Waals surface area (Å²) in [6.45, 7) is 7.03. The maximum Gasteiger partial charge on any atom is 0.344 e. The molecule has 40 heavy (non-hydrogen) atoms. The zero-order valence-electron chi connectivity index (χ0n) is 22.8. The number of piperidine rings is 1. The summed E-state index contributed by atoms with van der Waals surface area (Å²) in [7, 11) is 0. The summed E-state index contributed by atoms with van der Waals surface area (Å²) in [5.74, 6) is -0.682. The van der Waals surface area contributed by atoms with Crippen molar-refractivity contribution in [3.63, 3.8) is 0 Å². The molecule has 0 bridgehead atoms. The third-order valence-electron chi connectivity index (χ3n) is 7.22. The lowest BCUT2D eigenvalue weighted by atomic mass is 10.0. The van der Waals surface area contributed by atoms with Crippen molar-refractivity contribution in [2.24, 2.45) is 4.99 Å². The summed E-state index contributed by atoms with van der Waals surface area (Å²) >= 11 is 4.79. The average molecular weight is 623 g/mol. The predicted octanol–water partition coefficient (Wildman–Crippen LogP) is 7.31. The maximum absolute atomic E-state index is 13.3. The number of esters is 1. The first-order chi connectivity index (χ1) is 19.2. The van der Waals surface area contributed by atoms with Gasteiger partial charge in [-0.15, -0.1) is 0 Å². The topological polar surface area (TPSA) is 84.1 Å². The fourth-order valence-electron chi connectivity index (χ4n) is 5.12. The molecule has 1 fully saturated rings. The van der Waals surface area contributed by atoms with Crippen molar-refractivity contribution in [3.05, 3.63) is 80.5 Å². The van der Waals surface area contributed by atoms with Gasteiger partial charge in [-0.1, -0.05) is 45.4 Å². The third-order valence-corrected chi connectivity index (χ3v) is 8.74. The minimum atomic E-state index is -0.617. The normalized spacial score (nSPS) is 19.7. The molecule has 3 aromatic rings. The molecule has 0 unspecified atom stereocenters. The Morgan fingerprint density at radius 1 is 1.20 bits per heavy atom. The van der Waals surface area contributed by atoms with E-state index in [2.05, 4.69) is 27.8 Å². The Morgan fingerprint density at radius 2 is 1.98 bits per heavy atom. The maximum atomic E-state index is 13.3. The van der Waals surface area contributed by atoms with Crippen molar-refractivity contribution in [2.75, 3.05) is 13.2 Å². The van der Waals surface area contributed by atoms with Gasteiger partial charge >= 0.3 is 5.97 Å². The quantitative estimate of drug-likeness (QED) is 0.292. The molecule has 208 valence electrons. The van der Waals surface area contributed by atoms with Crippen LogP contribution in [0, 0.1) is 6.92 Å². The number of likely N-dealkylation sites (tertiary alicyclic amines) is 1. The number of aryl methyl sites for hydroxylation is 1. The van der Waals surface area contributed by atoms with Gasteiger partial charge in [-0.25, -0.2) is 9.79 Å². The van der Waals surface area contributed by atoms with Crippen LogP contribution in [0.3, 0.4) is 0 Å². The van der Waals surface area contributed by atoms with Crippen molar-refractivity contribution in [1.29, 1.82) is 0 Å². The number of halogens is 1. The minimum absolute atomic E-state index is 0.0536. The van der Waals surface area contributed by atoms with E-state index in [-0.39, 0.29) is 36.4 Å². The smallest absolute Gasteiger partial charge is 0.344 e. The summed E-state index contributed by atoms with van der Waals surface area (Å²) in [6.07, 6.45) is 6.99. The van der Waals surface area contributed by atoms with Gasteiger partial charge in [0.15, 0.2) is 0 Å². The van der Waals surface area contributed by atoms with Crippen LogP contribution < -0.4 is 0 Å². The third kappa shape index (κ3) is 5.90. The Hall–Kier alpha value is -3.30. The fourth-order valence-corrected chi connectivity index (χ4v) is 6.50. The second-order valence-electron chi connectivity index (χ2n) is 10.1. The lowest BCUT2D eigenvalue weighted by Gasteiger charge is -2.33. The molecule has 0 saturated carbocycles. The average Bonchev–Trinajstić information content (AvgIpc) is 3.41. The van der Waals surface area contributed by atoms with E-state index in [0.717, 1.165) is 52.3 Å². The molecular formula is C31H32BrN3O4S. The molecule has 0 radical (unpaired) electrons. The lowest BCUT2D eigenvalue weighted by molar-refractivity contribution is -0.138. The van der Waals surface area contributed by atoms with Gasteiger partial charge < -0.3 is 19.3 Å². The molecule has 1 aromatic heterocycles. The van der Waals surface area contributed by atoms with Crippen molar-refractivity contribution >= 4 is 67.3 Å². The minimum Gasteiger partial charge on any atom is -0.506 e. The number of hydrogen-bond acceptors (Lipinski definition) is 6. The number of carbonyl (C=O) groups excluding carboxylic acids is 2. The highest BCUT2D eigenvalue weighted by molar-refractivity contribution is 9.10. The van der Waals surface area contributed by atoms with Crippen LogP contribution in [-0.4, -0.2) is 50.7 Å². The largest absolute Gasteiger partial charge is 0.506 e. The highest BCUT2D eigenvalue weighted by Crippen LogP contribution is 2.41. The van der Waals surface area contributed by atoms with E-state index in [4.69, 9.17) is 4.74 Å². The van der Waals surface area contributed by atoms with Gasteiger partial charge in [0.2, 0.25) is 5.91 Å². The molecule has 2 aliphatic heterocycles. The lowest BCUT2D eigenvalue weighted by Crippen LogP contribution is -2.43. The van der Waals surface area contributed by atoms with E-state index in [9.17, 15) is 14.7 Å². The van der Waals surface area contributed by atoms with Gasteiger partial charge in [-0.05, 0) is 76.4 Å². The van der Waals surface area contributed by atoms with E-state index in [1.807, 2.05) is 71.1 Å². The number of benzene rings is 2. The standard InChI is InChI=1S/C31H32BrN3O4S/c1-4-39-31(38)28-29(37)26(40-30(28)33-23-11-8-19(2)9-12-23)15-21-17-34(25-13-10-22(32)16-24(21)25)18-27(36)35-14-6-5-7-20(35)3/h8-13,15-17,20,37H,4-7,14,18H2,1-3H3/b26-15-,33-30?/t20-/m1/s1. The number of thioether (sulfide) groups is 1. The number of hydrogen-bond donors (Lipinski definition) is 1. The Bertz CT molecular complexity index is 1550. The van der Waals surface area contributed by atoms with Gasteiger partial charge in [0.25, 0.3) is 0 Å². The van der Waals surface area contributed by atoms with Gasteiger partial charge in [0, 0.05) is 39.7 Å².